The highest BCUT2D eigenvalue weighted by molar-refractivity contribution is 6.21. The molecule has 54 heavy (non-hydrogen) atoms. The Morgan fingerprint density at radius 1 is 0.278 bits per heavy atom. The number of rotatable bonds is 3. The van der Waals surface area contributed by atoms with E-state index in [1.165, 1.54) is 110 Å². The van der Waals surface area contributed by atoms with Gasteiger partial charge in [-0.15, -0.1) is 0 Å². The summed E-state index contributed by atoms with van der Waals surface area (Å²) in [5, 5.41) is 7.68. The van der Waals surface area contributed by atoms with Crippen LogP contribution in [0.1, 0.15) is 49.9 Å². The number of fused-ring (bicyclic) bond motifs is 10. The fourth-order valence-corrected chi connectivity index (χ4v) is 10.1. The van der Waals surface area contributed by atoms with Gasteiger partial charge in [0.1, 0.15) is 0 Å². The van der Waals surface area contributed by atoms with Gasteiger partial charge in [-0.1, -0.05) is 173 Å². The Kier molecular flexibility index (Phi) is 6.46. The largest absolute Gasteiger partial charge is 0.0619 e. The zero-order valence-corrected chi connectivity index (χ0v) is 31.2. The molecule has 0 saturated heterocycles. The summed E-state index contributed by atoms with van der Waals surface area (Å²) in [5.74, 6) is 0. The normalized spacial score (nSPS) is 14.6. The molecular formula is C54H40. The summed E-state index contributed by atoms with van der Waals surface area (Å²) in [4.78, 5) is 0. The molecule has 0 N–H and O–H groups in total. The molecule has 256 valence electrons. The molecule has 0 unspecified atom stereocenters. The van der Waals surface area contributed by atoms with E-state index in [0.717, 1.165) is 0 Å². The van der Waals surface area contributed by atoms with Crippen LogP contribution in [0, 0.1) is 0 Å². The zero-order valence-electron chi connectivity index (χ0n) is 31.2. The third-order valence-corrected chi connectivity index (χ3v) is 12.9. The summed E-state index contributed by atoms with van der Waals surface area (Å²) >= 11 is 0. The second-order valence-corrected chi connectivity index (χ2v) is 16.4. The first kappa shape index (κ1) is 31.3. The minimum absolute atomic E-state index is 0.0252. The third-order valence-electron chi connectivity index (χ3n) is 12.9. The van der Waals surface area contributed by atoms with Gasteiger partial charge in [0.15, 0.2) is 0 Å². The molecule has 0 nitrogen and oxygen atoms in total. The van der Waals surface area contributed by atoms with Gasteiger partial charge in [0.25, 0.3) is 0 Å². The maximum atomic E-state index is 2.51. The summed E-state index contributed by atoms with van der Waals surface area (Å²) in [6, 6.07) is 63.9. The van der Waals surface area contributed by atoms with Crippen molar-refractivity contribution in [1.29, 1.82) is 0 Å². The Labute approximate surface area is 317 Å². The average molecular weight is 689 g/mol. The molecule has 0 aliphatic heterocycles. The average Bonchev–Trinajstić information content (AvgIpc) is 3.57. The second kappa shape index (κ2) is 11.1. The lowest BCUT2D eigenvalue weighted by molar-refractivity contribution is 0.652. The van der Waals surface area contributed by atoms with Gasteiger partial charge in [0.05, 0.1) is 0 Å². The predicted octanol–water partition coefficient (Wildman–Crippen LogP) is 14.8. The molecule has 0 spiro atoms. The fourth-order valence-electron chi connectivity index (χ4n) is 10.1. The molecular weight excluding hydrogens is 649 g/mol. The molecule has 2 aliphatic rings. The maximum Gasteiger partial charge on any atom is 0.0159 e. The summed E-state index contributed by atoms with van der Waals surface area (Å²) in [7, 11) is 0. The molecule has 0 amide bonds. The van der Waals surface area contributed by atoms with Crippen molar-refractivity contribution in [2.75, 3.05) is 0 Å². The van der Waals surface area contributed by atoms with E-state index in [4.69, 9.17) is 0 Å². The smallest absolute Gasteiger partial charge is 0.0159 e. The Bertz CT molecular complexity index is 3040. The highest BCUT2D eigenvalue weighted by Gasteiger charge is 2.41. The van der Waals surface area contributed by atoms with E-state index in [1.807, 2.05) is 0 Å². The van der Waals surface area contributed by atoms with E-state index in [1.54, 1.807) is 0 Å². The van der Waals surface area contributed by atoms with Crippen LogP contribution in [0.5, 0.6) is 0 Å². The van der Waals surface area contributed by atoms with Crippen molar-refractivity contribution in [2.45, 2.75) is 38.5 Å². The molecule has 9 aromatic rings. The maximum absolute atomic E-state index is 2.51. The van der Waals surface area contributed by atoms with Gasteiger partial charge in [0.2, 0.25) is 0 Å². The van der Waals surface area contributed by atoms with Crippen LogP contribution in [0.3, 0.4) is 0 Å². The fraction of sp³-hybridized carbons (Fsp3) is 0.111. The summed E-state index contributed by atoms with van der Waals surface area (Å²) in [6.45, 7) is 9.59. The van der Waals surface area contributed by atoms with Crippen molar-refractivity contribution < 1.29 is 0 Å². The Balaban J connectivity index is 1.09. The highest BCUT2D eigenvalue weighted by atomic mass is 14.4. The molecule has 0 heteroatoms. The SMILES string of the molecule is CC1(C)c2ccccc2-c2cc3c(cc21)-c1ccc(-c2ccccc2-c2ccccc2-c2c4ccccc4cc4c2ccc2ccccc24)cc1C3(C)C. The van der Waals surface area contributed by atoms with Crippen LogP contribution in [0.2, 0.25) is 0 Å². The topological polar surface area (TPSA) is 0 Å². The van der Waals surface area contributed by atoms with Gasteiger partial charge < -0.3 is 0 Å². The summed E-state index contributed by atoms with van der Waals surface area (Å²) in [5.41, 5.74) is 18.6. The van der Waals surface area contributed by atoms with Crippen molar-refractivity contribution in [2.24, 2.45) is 0 Å². The number of hydrogen-bond acceptors (Lipinski definition) is 0. The van der Waals surface area contributed by atoms with E-state index in [0.29, 0.717) is 0 Å². The quantitative estimate of drug-likeness (QED) is 0.128. The first-order valence-corrected chi connectivity index (χ1v) is 19.3. The van der Waals surface area contributed by atoms with Crippen molar-refractivity contribution in [3.8, 4) is 55.6 Å². The Morgan fingerprint density at radius 3 is 1.54 bits per heavy atom. The van der Waals surface area contributed by atoms with Crippen LogP contribution >= 0.6 is 0 Å². The Morgan fingerprint density at radius 2 is 0.796 bits per heavy atom. The Hall–Kier alpha value is -6.24. The van der Waals surface area contributed by atoms with Crippen molar-refractivity contribution in [3.05, 3.63) is 192 Å². The monoisotopic (exact) mass is 688 g/mol. The first-order valence-electron chi connectivity index (χ1n) is 19.3. The molecule has 0 radical (unpaired) electrons. The molecule has 0 bridgehead atoms. The van der Waals surface area contributed by atoms with E-state index in [2.05, 4.69) is 198 Å². The minimum Gasteiger partial charge on any atom is -0.0619 e. The van der Waals surface area contributed by atoms with Crippen molar-refractivity contribution in [3.63, 3.8) is 0 Å². The van der Waals surface area contributed by atoms with E-state index >= 15 is 0 Å². The van der Waals surface area contributed by atoms with E-state index < -0.39 is 0 Å². The van der Waals surface area contributed by atoms with Crippen LogP contribution < -0.4 is 0 Å². The molecule has 0 fully saturated rings. The molecule has 11 rings (SSSR count). The lowest BCUT2D eigenvalue weighted by Gasteiger charge is -2.24. The van der Waals surface area contributed by atoms with Crippen LogP contribution in [0.4, 0.5) is 0 Å². The van der Waals surface area contributed by atoms with Crippen LogP contribution in [0.15, 0.2) is 170 Å². The van der Waals surface area contributed by atoms with Gasteiger partial charge in [-0.2, -0.15) is 0 Å². The highest BCUT2D eigenvalue weighted by Crippen LogP contribution is 2.56. The summed E-state index contributed by atoms with van der Waals surface area (Å²) < 4.78 is 0. The van der Waals surface area contributed by atoms with Crippen LogP contribution in [0.25, 0.3) is 88.0 Å². The van der Waals surface area contributed by atoms with Gasteiger partial charge in [-0.05, 0) is 134 Å². The minimum atomic E-state index is -0.130. The van der Waals surface area contributed by atoms with Crippen LogP contribution in [-0.2, 0) is 10.8 Å². The van der Waals surface area contributed by atoms with Gasteiger partial charge in [0, 0.05) is 10.8 Å². The van der Waals surface area contributed by atoms with Gasteiger partial charge in [-0.3, -0.25) is 0 Å². The zero-order chi connectivity index (χ0) is 36.3. The lowest BCUT2D eigenvalue weighted by atomic mass is 9.79. The van der Waals surface area contributed by atoms with E-state index in [9.17, 15) is 0 Å². The predicted molar refractivity (Wildman–Crippen MR) is 230 cm³/mol. The van der Waals surface area contributed by atoms with Gasteiger partial charge >= 0.3 is 0 Å². The lowest BCUT2D eigenvalue weighted by Crippen LogP contribution is -2.17. The molecule has 0 saturated carbocycles. The standard InChI is InChI=1S/C54H40/c1-53(2)48-24-14-13-22-41(48)46-31-51-47(32-50(46)53)42-27-26-35(30-49(42)54(51,3)4)37-18-9-10-20-39(37)40-21-11-12-23-43(40)52-38-19-8-6-16-34(38)29-45-36-17-7-5-15-33(36)25-28-44(45)52/h5-32H,1-4H3. The molecule has 0 aromatic heterocycles. The van der Waals surface area contributed by atoms with Crippen LogP contribution in [-0.4, -0.2) is 0 Å². The molecule has 2 aliphatic carbocycles. The molecule has 0 heterocycles. The summed E-state index contributed by atoms with van der Waals surface area (Å²) in [6.07, 6.45) is 0. The van der Waals surface area contributed by atoms with Gasteiger partial charge in [-0.25, -0.2) is 0 Å². The van der Waals surface area contributed by atoms with E-state index in [-0.39, 0.29) is 10.8 Å². The second-order valence-electron chi connectivity index (χ2n) is 16.4. The molecule has 9 aromatic carbocycles. The van der Waals surface area contributed by atoms with Crippen molar-refractivity contribution >= 4 is 32.3 Å². The van der Waals surface area contributed by atoms with Crippen molar-refractivity contribution in [1.82, 2.24) is 0 Å². The number of hydrogen-bond donors (Lipinski definition) is 0. The third kappa shape index (κ3) is 4.26. The first-order chi connectivity index (χ1) is 26.3. The molecule has 0 atom stereocenters. The number of benzene rings is 9.